The summed E-state index contributed by atoms with van der Waals surface area (Å²) < 4.78 is 5.78. The molecular formula is C23H23Cl2N5O2. The molecule has 1 saturated heterocycles. The third kappa shape index (κ3) is 4.96. The van der Waals surface area contributed by atoms with Crippen molar-refractivity contribution in [2.75, 3.05) is 25.4 Å². The zero-order chi connectivity index (χ0) is 22.7. The molecule has 0 radical (unpaired) electrons. The first kappa shape index (κ1) is 22.3. The molecule has 1 aliphatic rings. The van der Waals surface area contributed by atoms with E-state index >= 15 is 0 Å². The fourth-order valence-corrected chi connectivity index (χ4v) is 4.20. The number of carbonyl (C=O) groups excluding carboxylic acids is 1. The molecule has 1 aromatic heterocycles. The number of nitrogens with two attached hydrogens (primary N) is 2. The fourth-order valence-electron chi connectivity index (χ4n) is 3.61. The summed E-state index contributed by atoms with van der Waals surface area (Å²) in [6.45, 7) is 1.51. The van der Waals surface area contributed by atoms with E-state index in [1.165, 1.54) is 0 Å². The van der Waals surface area contributed by atoms with Crippen molar-refractivity contribution in [2.24, 2.45) is 5.73 Å². The van der Waals surface area contributed by atoms with Gasteiger partial charge in [0.1, 0.15) is 0 Å². The van der Waals surface area contributed by atoms with Gasteiger partial charge in [-0.15, -0.1) is 0 Å². The number of halogens is 2. The molecule has 0 spiro atoms. The van der Waals surface area contributed by atoms with Crippen molar-refractivity contribution in [1.82, 2.24) is 14.9 Å². The van der Waals surface area contributed by atoms with Crippen LogP contribution in [0.1, 0.15) is 22.3 Å². The van der Waals surface area contributed by atoms with Crippen LogP contribution in [-0.4, -0.2) is 46.5 Å². The van der Waals surface area contributed by atoms with Crippen molar-refractivity contribution >= 4 is 34.9 Å². The molecule has 32 heavy (non-hydrogen) atoms. The van der Waals surface area contributed by atoms with Crippen molar-refractivity contribution in [3.05, 3.63) is 69.8 Å². The average Bonchev–Trinajstić information content (AvgIpc) is 3.23. The van der Waals surface area contributed by atoms with Crippen LogP contribution < -0.4 is 16.2 Å². The first-order valence-corrected chi connectivity index (χ1v) is 11.0. The molecule has 2 heterocycles. The van der Waals surface area contributed by atoms with E-state index in [0.29, 0.717) is 40.8 Å². The summed E-state index contributed by atoms with van der Waals surface area (Å²) >= 11 is 12.4. The lowest BCUT2D eigenvalue weighted by atomic mass is 10.1. The van der Waals surface area contributed by atoms with Crippen LogP contribution in [0.4, 0.5) is 5.82 Å². The van der Waals surface area contributed by atoms with E-state index in [4.69, 9.17) is 39.4 Å². The molecule has 1 amide bonds. The number of nitrogen functional groups attached to an aromatic ring is 1. The average molecular weight is 472 g/mol. The number of carbonyl (C=O) groups is 1. The molecule has 3 aromatic rings. The summed E-state index contributed by atoms with van der Waals surface area (Å²) in [5, 5.41) is 1.16. The van der Waals surface area contributed by atoms with Crippen molar-refractivity contribution in [3.8, 4) is 17.1 Å². The summed E-state index contributed by atoms with van der Waals surface area (Å²) in [4.78, 5) is 23.3. The Labute approximate surface area is 196 Å². The van der Waals surface area contributed by atoms with Crippen LogP contribution in [0.2, 0.25) is 10.0 Å². The van der Waals surface area contributed by atoms with Gasteiger partial charge in [0.05, 0.1) is 18.5 Å². The van der Waals surface area contributed by atoms with Crippen molar-refractivity contribution < 1.29 is 9.53 Å². The molecule has 1 atom stereocenters. The Morgan fingerprint density at radius 3 is 2.66 bits per heavy atom. The van der Waals surface area contributed by atoms with Crippen molar-refractivity contribution in [1.29, 1.82) is 0 Å². The minimum atomic E-state index is -0.0451. The van der Waals surface area contributed by atoms with Crippen LogP contribution in [0.15, 0.2) is 48.7 Å². The number of likely N-dealkylation sites (tertiary alicyclic amines) is 1. The standard InChI is InChI=1S/C23H23Cl2N5O2/c24-18-5-2-6-19(25)17(18)8-10-32-22-21(27)28-12-20(29-22)14-3-1-4-15(11-14)23(31)30-9-7-16(26)13-30/h1-6,11-12,16H,7-10,13,26H2,(H2,27,28). The molecule has 166 valence electrons. The first-order valence-electron chi connectivity index (χ1n) is 10.3. The molecular weight excluding hydrogens is 449 g/mol. The zero-order valence-electron chi connectivity index (χ0n) is 17.3. The Morgan fingerprint density at radius 2 is 1.94 bits per heavy atom. The number of nitrogens with zero attached hydrogens (tertiary/aromatic N) is 3. The fraction of sp³-hybridized carbons (Fsp3) is 0.261. The van der Waals surface area contributed by atoms with Crippen LogP contribution in [0.5, 0.6) is 5.88 Å². The van der Waals surface area contributed by atoms with Gasteiger partial charge in [0.2, 0.25) is 0 Å². The van der Waals surface area contributed by atoms with Gasteiger partial charge in [0, 0.05) is 46.7 Å². The summed E-state index contributed by atoms with van der Waals surface area (Å²) in [5.74, 6) is 0.349. The first-order chi connectivity index (χ1) is 15.4. The van der Waals surface area contributed by atoms with Gasteiger partial charge < -0.3 is 21.1 Å². The quantitative estimate of drug-likeness (QED) is 0.565. The molecule has 0 aliphatic carbocycles. The summed E-state index contributed by atoms with van der Waals surface area (Å²) in [6.07, 6.45) is 2.86. The molecule has 0 saturated carbocycles. The van der Waals surface area contributed by atoms with E-state index in [1.807, 2.05) is 12.1 Å². The Morgan fingerprint density at radius 1 is 1.19 bits per heavy atom. The number of aromatic nitrogens is 2. The lowest BCUT2D eigenvalue weighted by Gasteiger charge is -2.16. The van der Waals surface area contributed by atoms with Gasteiger partial charge in [0.15, 0.2) is 5.82 Å². The van der Waals surface area contributed by atoms with Crippen LogP contribution >= 0.6 is 23.2 Å². The SMILES string of the molecule is Nc1ncc(-c2cccc(C(=O)N3CCC(N)C3)c2)nc1OCCc1c(Cl)cccc1Cl. The highest BCUT2D eigenvalue weighted by Gasteiger charge is 2.24. The molecule has 1 aliphatic heterocycles. The number of benzene rings is 2. The Bertz CT molecular complexity index is 1120. The zero-order valence-corrected chi connectivity index (χ0v) is 18.8. The molecule has 9 heteroatoms. The monoisotopic (exact) mass is 471 g/mol. The smallest absolute Gasteiger partial charge is 0.257 e. The van der Waals surface area contributed by atoms with Gasteiger partial charge in [-0.2, -0.15) is 0 Å². The van der Waals surface area contributed by atoms with Gasteiger partial charge >= 0.3 is 0 Å². The number of rotatable bonds is 6. The summed E-state index contributed by atoms with van der Waals surface area (Å²) in [5.41, 5.74) is 14.6. The minimum Gasteiger partial charge on any atom is -0.475 e. The number of hydrogen-bond donors (Lipinski definition) is 2. The molecule has 4 rings (SSSR count). The predicted molar refractivity (Wildman–Crippen MR) is 126 cm³/mol. The third-order valence-corrected chi connectivity index (χ3v) is 6.04. The number of hydrogen-bond acceptors (Lipinski definition) is 6. The molecule has 4 N–H and O–H groups in total. The molecule has 1 unspecified atom stereocenters. The Hall–Kier alpha value is -2.87. The van der Waals surface area contributed by atoms with Gasteiger partial charge in [0.25, 0.3) is 11.8 Å². The summed E-state index contributed by atoms with van der Waals surface area (Å²) in [7, 11) is 0. The normalized spacial score (nSPS) is 15.7. The second-order valence-electron chi connectivity index (χ2n) is 7.63. The van der Waals surface area contributed by atoms with Crippen LogP contribution in [0.25, 0.3) is 11.3 Å². The maximum atomic E-state index is 12.8. The topological polar surface area (TPSA) is 107 Å². The van der Waals surface area contributed by atoms with Crippen LogP contribution in [-0.2, 0) is 6.42 Å². The van der Waals surface area contributed by atoms with Gasteiger partial charge in [-0.05, 0) is 36.2 Å². The van der Waals surface area contributed by atoms with E-state index < -0.39 is 0 Å². The lowest BCUT2D eigenvalue weighted by molar-refractivity contribution is 0.0791. The van der Waals surface area contributed by atoms with E-state index in [-0.39, 0.29) is 30.3 Å². The van der Waals surface area contributed by atoms with E-state index in [2.05, 4.69) is 9.97 Å². The van der Waals surface area contributed by atoms with Crippen LogP contribution in [0.3, 0.4) is 0 Å². The van der Waals surface area contributed by atoms with E-state index in [9.17, 15) is 4.79 Å². The second-order valence-corrected chi connectivity index (χ2v) is 8.44. The van der Waals surface area contributed by atoms with Crippen molar-refractivity contribution in [2.45, 2.75) is 18.9 Å². The molecule has 1 fully saturated rings. The van der Waals surface area contributed by atoms with E-state index in [0.717, 1.165) is 17.5 Å². The molecule has 0 bridgehead atoms. The van der Waals surface area contributed by atoms with Gasteiger partial charge in [-0.1, -0.05) is 41.4 Å². The third-order valence-electron chi connectivity index (χ3n) is 5.34. The van der Waals surface area contributed by atoms with Crippen molar-refractivity contribution in [3.63, 3.8) is 0 Å². The highest BCUT2D eigenvalue weighted by atomic mass is 35.5. The largest absolute Gasteiger partial charge is 0.475 e. The highest BCUT2D eigenvalue weighted by molar-refractivity contribution is 6.36. The predicted octanol–water partition coefficient (Wildman–Crippen LogP) is 3.83. The second kappa shape index (κ2) is 9.73. The van der Waals surface area contributed by atoms with E-state index in [1.54, 1.807) is 41.4 Å². The lowest BCUT2D eigenvalue weighted by Crippen LogP contribution is -2.31. The number of anilines is 1. The minimum absolute atomic E-state index is 0.0328. The molecule has 7 nitrogen and oxygen atoms in total. The van der Waals surface area contributed by atoms with Crippen LogP contribution in [0, 0.1) is 0 Å². The maximum Gasteiger partial charge on any atom is 0.257 e. The summed E-state index contributed by atoms with van der Waals surface area (Å²) in [6, 6.07) is 12.6. The Balaban J connectivity index is 1.49. The van der Waals surface area contributed by atoms with Gasteiger partial charge in [-0.25, -0.2) is 9.97 Å². The Kier molecular flexibility index (Phi) is 6.79. The highest BCUT2D eigenvalue weighted by Crippen LogP contribution is 2.27. The molecule has 2 aromatic carbocycles. The maximum absolute atomic E-state index is 12.8. The number of ether oxygens (including phenoxy) is 1. The number of amides is 1. The van der Waals surface area contributed by atoms with Gasteiger partial charge in [-0.3, -0.25) is 4.79 Å².